The third-order valence-electron chi connectivity index (χ3n) is 4.74. The first-order valence-corrected chi connectivity index (χ1v) is 8.42. The van der Waals surface area contributed by atoms with E-state index < -0.39 is 0 Å². The van der Waals surface area contributed by atoms with Crippen molar-refractivity contribution in [3.8, 4) is 0 Å². The predicted octanol–water partition coefficient (Wildman–Crippen LogP) is 3.74. The lowest BCUT2D eigenvalue weighted by atomic mass is 9.85. The van der Waals surface area contributed by atoms with E-state index in [4.69, 9.17) is 0 Å². The van der Waals surface area contributed by atoms with Gasteiger partial charge in [-0.1, -0.05) is 25.5 Å². The zero-order chi connectivity index (χ0) is 15.7. The van der Waals surface area contributed by atoms with Gasteiger partial charge in [-0.15, -0.1) is 0 Å². The van der Waals surface area contributed by atoms with Gasteiger partial charge >= 0.3 is 0 Å². The molecule has 0 aliphatic heterocycles. The van der Waals surface area contributed by atoms with Crippen LogP contribution < -0.4 is 5.32 Å². The Morgan fingerprint density at radius 3 is 3.00 bits per heavy atom. The Hall–Kier alpha value is -1.77. The predicted molar refractivity (Wildman–Crippen MR) is 91.0 cm³/mol. The van der Waals surface area contributed by atoms with Crippen molar-refractivity contribution in [3.63, 3.8) is 0 Å². The maximum Gasteiger partial charge on any atom is 0.223 e. The summed E-state index contributed by atoms with van der Waals surface area (Å²) in [4.78, 5) is 15.9. The summed E-state index contributed by atoms with van der Waals surface area (Å²) < 4.78 is 0. The van der Waals surface area contributed by atoms with Crippen LogP contribution in [0.3, 0.4) is 0 Å². The van der Waals surface area contributed by atoms with Crippen LogP contribution >= 0.6 is 0 Å². The molecule has 3 rings (SSSR count). The van der Waals surface area contributed by atoms with Crippen LogP contribution in [0.1, 0.15) is 43.5 Å². The molecule has 1 aromatic carbocycles. The molecule has 1 amide bonds. The molecule has 1 unspecified atom stereocenters. The van der Waals surface area contributed by atoms with Crippen molar-refractivity contribution >= 4 is 16.8 Å². The van der Waals surface area contributed by atoms with Gasteiger partial charge in [0.05, 0.1) is 0 Å². The van der Waals surface area contributed by atoms with Crippen molar-refractivity contribution in [1.29, 1.82) is 0 Å². The highest BCUT2D eigenvalue weighted by Crippen LogP contribution is 2.32. The van der Waals surface area contributed by atoms with Gasteiger partial charge in [0.1, 0.15) is 0 Å². The molecule has 1 heterocycles. The lowest BCUT2D eigenvalue weighted by Gasteiger charge is -2.22. The van der Waals surface area contributed by atoms with Crippen LogP contribution in [0.25, 0.3) is 10.9 Å². The highest BCUT2D eigenvalue weighted by Gasteiger charge is 2.27. The molecular weight excluding hydrogens is 272 g/mol. The van der Waals surface area contributed by atoms with E-state index in [1.807, 2.05) is 0 Å². The second kappa shape index (κ2) is 6.15. The molecule has 1 atom stereocenters. The van der Waals surface area contributed by atoms with Crippen LogP contribution in [-0.2, 0) is 17.6 Å². The fourth-order valence-electron chi connectivity index (χ4n) is 3.38. The molecule has 0 bridgehead atoms. The molecule has 0 radical (unpaired) electrons. The molecule has 0 saturated carbocycles. The second-order valence-corrected chi connectivity index (χ2v) is 7.04. The van der Waals surface area contributed by atoms with E-state index in [2.05, 4.69) is 49.3 Å². The number of nitrogens with one attached hydrogen (secondary N) is 2. The van der Waals surface area contributed by atoms with E-state index in [0.717, 1.165) is 32.2 Å². The zero-order valence-electron chi connectivity index (χ0n) is 13.8. The van der Waals surface area contributed by atoms with Crippen molar-refractivity contribution in [2.75, 3.05) is 6.54 Å². The highest BCUT2D eigenvalue weighted by atomic mass is 16.1. The Kier molecular flexibility index (Phi) is 4.23. The summed E-state index contributed by atoms with van der Waals surface area (Å²) in [6.45, 7) is 7.30. The fraction of sp³-hybridized carbons (Fsp3) is 0.526. The topological polar surface area (TPSA) is 44.9 Å². The van der Waals surface area contributed by atoms with Gasteiger partial charge in [-0.05, 0) is 56.2 Å². The zero-order valence-corrected chi connectivity index (χ0v) is 13.8. The quantitative estimate of drug-likeness (QED) is 0.887. The van der Waals surface area contributed by atoms with Crippen LogP contribution in [0.4, 0.5) is 0 Å². The van der Waals surface area contributed by atoms with E-state index in [1.54, 1.807) is 0 Å². The van der Waals surface area contributed by atoms with Gasteiger partial charge in [0.25, 0.3) is 0 Å². The van der Waals surface area contributed by atoms with Gasteiger partial charge in [-0.25, -0.2) is 0 Å². The van der Waals surface area contributed by atoms with Gasteiger partial charge in [0.2, 0.25) is 5.91 Å². The molecule has 3 nitrogen and oxygen atoms in total. The Balaban J connectivity index is 1.74. The van der Waals surface area contributed by atoms with Crippen molar-refractivity contribution < 1.29 is 4.79 Å². The standard InChI is InChI=1S/C19H26N2O/c1-12(2)8-9-20-19(22)14-5-7-18-16(11-14)15-10-13(3)4-6-17(15)21-18/h4,6,10,12,14,21H,5,7-9,11H2,1-3H3,(H,20,22). The van der Waals surface area contributed by atoms with Crippen LogP contribution in [-0.4, -0.2) is 17.4 Å². The minimum absolute atomic E-state index is 0.124. The van der Waals surface area contributed by atoms with E-state index in [0.29, 0.717) is 5.92 Å². The van der Waals surface area contributed by atoms with E-state index in [9.17, 15) is 4.79 Å². The maximum absolute atomic E-state index is 12.4. The highest BCUT2D eigenvalue weighted by molar-refractivity contribution is 5.87. The van der Waals surface area contributed by atoms with E-state index in [1.165, 1.54) is 27.7 Å². The number of carbonyl (C=O) groups is 1. The summed E-state index contributed by atoms with van der Waals surface area (Å²) in [7, 11) is 0. The number of benzene rings is 1. The largest absolute Gasteiger partial charge is 0.358 e. The summed E-state index contributed by atoms with van der Waals surface area (Å²) >= 11 is 0. The van der Waals surface area contributed by atoms with Gasteiger partial charge in [0, 0.05) is 29.1 Å². The summed E-state index contributed by atoms with van der Waals surface area (Å²) in [6, 6.07) is 6.53. The van der Waals surface area contributed by atoms with Gasteiger partial charge in [-0.3, -0.25) is 4.79 Å². The number of hydrogen-bond acceptors (Lipinski definition) is 1. The molecule has 118 valence electrons. The fourth-order valence-corrected chi connectivity index (χ4v) is 3.38. The molecule has 3 heteroatoms. The van der Waals surface area contributed by atoms with E-state index >= 15 is 0 Å². The lowest BCUT2D eigenvalue weighted by Crippen LogP contribution is -2.34. The maximum atomic E-state index is 12.4. The molecule has 1 aromatic heterocycles. The van der Waals surface area contributed by atoms with Gasteiger partial charge < -0.3 is 10.3 Å². The van der Waals surface area contributed by atoms with Crippen LogP contribution in [0.2, 0.25) is 0 Å². The molecule has 1 aliphatic carbocycles. The molecule has 0 saturated heterocycles. The summed E-state index contributed by atoms with van der Waals surface area (Å²) in [5.74, 6) is 0.988. The number of aryl methyl sites for hydroxylation is 2. The average molecular weight is 298 g/mol. The lowest BCUT2D eigenvalue weighted by molar-refractivity contribution is -0.125. The molecule has 0 fully saturated rings. The third kappa shape index (κ3) is 3.03. The summed E-state index contributed by atoms with van der Waals surface area (Å²) in [5, 5.41) is 4.42. The number of H-pyrrole nitrogens is 1. The first-order valence-electron chi connectivity index (χ1n) is 8.42. The minimum atomic E-state index is 0.124. The summed E-state index contributed by atoms with van der Waals surface area (Å²) in [6.07, 6.45) is 3.85. The normalized spacial score (nSPS) is 17.7. The van der Waals surface area contributed by atoms with Crippen molar-refractivity contribution in [2.24, 2.45) is 11.8 Å². The Labute approximate surface area is 132 Å². The second-order valence-electron chi connectivity index (χ2n) is 7.04. The van der Waals surface area contributed by atoms with Crippen LogP contribution in [0.15, 0.2) is 18.2 Å². The smallest absolute Gasteiger partial charge is 0.223 e. The SMILES string of the molecule is Cc1ccc2[nH]c3c(c2c1)CC(C(=O)NCCC(C)C)CC3. The summed E-state index contributed by atoms with van der Waals surface area (Å²) in [5.41, 5.74) is 5.16. The molecule has 2 aromatic rings. The molecular formula is C19H26N2O. The number of aromatic amines is 1. The van der Waals surface area contributed by atoms with Crippen LogP contribution in [0, 0.1) is 18.8 Å². The van der Waals surface area contributed by atoms with Crippen LogP contribution in [0.5, 0.6) is 0 Å². The van der Waals surface area contributed by atoms with Crippen molar-refractivity contribution in [2.45, 2.75) is 46.5 Å². The van der Waals surface area contributed by atoms with Gasteiger partial charge in [-0.2, -0.15) is 0 Å². The average Bonchev–Trinajstić information content (AvgIpc) is 2.84. The first-order chi connectivity index (χ1) is 10.5. The number of amides is 1. The molecule has 22 heavy (non-hydrogen) atoms. The first kappa shape index (κ1) is 15.1. The monoisotopic (exact) mass is 298 g/mol. The number of fused-ring (bicyclic) bond motifs is 3. The number of aromatic nitrogens is 1. The van der Waals surface area contributed by atoms with Crippen molar-refractivity contribution in [1.82, 2.24) is 10.3 Å². The van der Waals surface area contributed by atoms with Gasteiger partial charge in [0.15, 0.2) is 0 Å². The number of carbonyl (C=O) groups excluding carboxylic acids is 1. The molecule has 2 N–H and O–H groups in total. The van der Waals surface area contributed by atoms with E-state index in [-0.39, 0.29) is 11.8 Å². The molecule has 0 spiro atoms. The Morgan fingerprint density at radius 2 is 2.23 bits per heavy atom. The molecule has 1 aliphatic rings. The third-order valence-corrected chi connectivity index (χ3v) is 4.74. The van der Waals surface area contributed by atoms with Crippen molar-refractivity contribution in [3.05, 3.63) is 35.0 Å². The number of hydrogen-bond donors (Lipinski definition) is 2. The Bertz CT molecular complexity index is 684. The minimum Gasteiger partial charge on any atom is -0.358 e. The Morgan fingerprint density at radius 1 is 1.41 bits per heavy atom. The number of rotatable bonds is 4.